The summed E-state index contributed by atoms with van der Waals surface area (Å²) < 4.78 is 2.17. The highest BCUT2D eigenvalue weighted by Gasteiger charge is 2.30. The summed E-state index contributed by atoms with van der Waals surface area (Å²) in [5.74, 6) is 1.05. The van der Waals surface area contributed by atoms with Crippen molar-refractivity contribution >= 4 is 0 Å². The third kappa shape index (κ3) is 2.64. The number of hydrogen-bond donors (Lipinski definition) is 1. The Labute approximate surface area is 97.5 Å². The molecule has 0 spiro atoms. The molecule has 1 heterocycles. The van der Waals surface area contributed by atoms with Crippen molar-refractivity contribution in [3.8, 4) is 0 Å². The third-order valence-corrected chi connectivity index (χ3v) is 3.54. The summed E-state index contributed by atoms with van der Waals surface area (Å²) in [4.78, 5) is 4.38. The van der Waals surface area contributed by atoms with Crippen LogP contribution in [0, 0.1) is 0 Å². The average molecular weight is 222 g/mol. The molecule has 0 unspecified atom stereocenters. The first-order valence-electron chi connectivity index (χ1n) is 6.46. The van der Waals surface area contributed by atoms with Crippen LogP contribution in [0.15, 0.2) is 12.4 Å². The molecule has 3 heteroatoms. The van der Waals surface area contributed by atoms with Crippen molar-refractivity contribution in [2.24, 2.45) is 0 Å². The van der Waals surface area contributed by atoms with Crippen molar-refractivity contribution in [1.82, 2.24) is 9.55 Å². The van der Waals surface area contributed by atoms with E-state index in [1.54, 1.807) is 0 Å². The van der Waals surface area contributed by atoms with Crippen LogP contribution in [0.5, 0.6) is 0 Å². The Morgan fingerprint density at radius 2 is 2.12 bits per heavy atom. The highest BCUT2D eigenvalue weighted by atomic mass is 16.3. The highest BCUT2D eigenvalue weighted by Crippen LogP contribution is 2.30. The van der Waals surface area contributed by atoms with Crippen LogP contribution in [0.25, 0.3) is 0 Å². The minimum atomic E-state index is -0.491. The molecule has 1 N–H and O–H groups in total. The molecule has 0 amide bonds. The van der Waals surface area contributed by atoms with Gasteiger partial charge in [0, 0.05) is 25.4 Å². The van der Waals surface area contributed by atoms with E-state index in [9.17, 15) is 5.11 Å². The minimum Gasteiger partial charge on any atom is -0.389 e. The zero-order valence-electron chi connectivity index (χ0n) is 10.2. The Bertz CT molecular complexity index is 326. The summed E-state index contributed by atoms with van der Waals surface area (Å²) in [6, 6.07) is 0. The molecule has 1 aromatic heterocycles. The van der Waals surface area contributed by atoms with Gasteiger partial charge in [-0.2, -0.15) is 0 Å². The molecule has 2 rings (SSSR count). The normalized spacial score (nSPS) is 19.9. The second kappa shape index (κ2) is 5.00. The molecule has 0 bridgehead atoms. The van der Waals surface area contributed by atoms with Gasteiger partial charge in [0.25, 0.3) is 0 Å². The van der Waals surface area contributed by atoms with Gasteiger partial charge < -0.3 is 9.67 Å². The van der Waals surface area contributed by atoms with Crippen molar-refractivity contribution in [3.63, 3.8) is 0 Å². The van der Waals surface area contributed by atoms with E-state index in [4.69, 9.17) is 0 Å². The van der Waals surface area contributed by atoms with E-state index in [1.165, 1.54) is 6.42 Å². The third-order valence-electron chi connectivity index (χ3n) is 3.54. The quantitative estimate of drug-likeness (QED) is 0.850. The summed E-state index contributed by atoms with van der Waals surface area (Å²) in [5, 5.41) is 10.5. The van der Waals surface area contributed by atoms with Gasteiger partial charge in [-0.1, -0.05) is 26.2 Å². The maximum Gasteiger partial charge on any atom is 0.111 e. The number of imidazole rings is 1. The van der Waals surface area contributed by atoms with Crippen LogP contribution in [-0.4, -0.2) is 20.3 Å². The van der Waals surface area contributed by atoms with Crippen LogP contribution in [0.1, 0.15) is 51.3 Å². The lowest BCUT2D eigenvalue weighted by atomic mass is 9.82. The smallest absolute Gasteiger partial charge is 0.111 e. The van der Waals surface area contributed by atoms with Gasteiger partial charge in [0.05, 0.1) is 5.60 Å². The topological polar surface area (TPSA) is 38.0 Å². The molecule has 0 aliphatic heterocycles. The Kier molecular flexibility index (Phi) is 3.64. The fourth-order valence-electron chi connectivity index (χ4n) is 2.63. The summed E-state index contributed by atoms with van der Waals surface area (Å²) in [5.41, 5.74) is -0.491. The number of aromatic nitrogens is 2. The van der Waals surface area contributed by atoms with E-state index in [2.05, 4.69) is 16.5 Å². The molecule has 0 atom stereocenters. The molecule has 1 aliphatic rings. The minimum absolute atomic E-state index is 0.491. The number of rotatable bonds is 4. The molecule has 1 aliphatic carbocycles. The Morgan fingerprint density at radius 3 is 2.81 bits per heavy atom. The van der Waals surface area contributed by atoms with E-state index in [0.717, 1.165) is 50.9 Å². The van der Waals surface area contributed by atoms with Crippen LogP contribution in [-0.2, 0) is 13.0 Å². The number of hydrogen-bond acceptors (Lipinski definition) is 2. The van der Waals surface area contributed by atoms with Crippen molar-refractivity contribution in [2.45, 2.75) is 64.0 Å². The summed E-state index contributed by atoms with van der Waals surface area (Å²) in [6.07, 6.45) is 11.2. The van der Waals surface area contributed by atoms with Crippen LogP contribution in [0.4, 0.5) is 0 Å². The predicted molar refractivity (Wildman–Crippen MR) is 64.3 cm³/mol. The van der Waals surface area contributed by atoms with Crippen molar-refractivity contribution in [2.75, 3.05) is 0 Å². The molecule has 3 nitrogen and oxygen atoms in total. The fraction of sp³-hybridized carbons (Fsp3) is 0.769. The van der Waals surface area contributed by atoms with E-state index >= 15 is 0 Å². The Hall–Kier alpha value is -0.830. The zero-order chi connectivity index (χ0) is 11.4. The van der Waals surface area contributed by atoms with Crippen LogP contribution >= 0.6 is 0 Å². The zero-order valence-corrected chi connectivity index (χ0v) is 10.2. The maximum atomic E-state index is 10.5. The Morgan fingerprint density at radius 1 is 1.38 bits per heavy atom. The monoisotopic (exact) mass is 222 g/mol. The maximum absolute atomic E-state index is 10.5. The van der Waals surface area contributed by atoms with E-state index < -0.39 is 5.60 Å². The molecular formula is C13H22N2O. The predicted octanol–water partition coefficient (Wildman–Crippen LogP) is 2.53. The molecule has 16 heavy (non-hydrogen) atoms. The van der Waals surface area contributed by atoms with Gasteiger partial charge in [-0.15, -0.1) is 0 Å². The molecule has 0 saturated heterocycles. The fourth-order valence-corrected chi connectivity index (χ4v) is 2.63. The molecule has 1 fully saturated rings. The lowest BCUT2D eigenvalue weighted by molar-refractivity contribution is 0.00208. The van der Waals surface area contributed by atoms with Gasteiger partial charge in [-0.05, 0) is 19.3 Å². The van der Waals surface area contributed by atoms with Crippen LogP contribution < -0.4 is 0 Å². The molecule has 0 radical (unpaired) electrons. The van der Waals surface area contributed by atoms with Crippen LogP contribution in [0.3, 0.4) is 0 Å². The second-order valence-electron chi connectivity index (χ2n) is 5.00. The number of nitrogens with zero attached hydrogens (tertiary/aromatic N) is 2. The molecule has 0 aromatic carbocycles. The van der Waals surface area contributed by atoms with Crippen molar-refractivity contribution in [1.29, 1.82) is 0 Å². The van der Waals surface area contributed by atoms with Crippen LogP contribution in [0.2, 0.25) is 0 Å². The second-order valence-corrected chi connectivity index (χ2v) is 5.00. The molecule has 1 saturated carbocycles. The van der Waals surface area contributed by atoms with Crippen molar-refractivity contribution in [3.05, 3.63) is 18.2 Å². The highest BCUT2D eigenvalue weighted by molar-refractivity contribution is 4.99. The molecule has 1 aromatic rings. The van der Waals surface area contributed by atoms with E-state index in [-0.39, 0.29) is 0 Å². The largest absolute Gasteiger partial charge is 0.389 e. The van der Waals surface area contributed by atoms with Gasteiger partial charge in [0.2, 0.25) is 0 Å². The van der Waals surface area contributed by atoms with E-state index in [0.29, 0.717) is 0 Å². The molecular weight excluding hydrogens is 200 g/mol. The first-order chi connectivity index (χ1) is 7.73. The van der Waals surface area contributed by atoms with Gasteiger partial charge >= 0.3 is 0 Å². The first-order valence-corrected chi connectivity index (χ1v) is 6.46. The average Bonchev–Trinajstić information content (AvgIpc) is 2.67. The summed E-state index contributed by atoms with van der Waals surface area (Å²) in [6.45, 7) is 3.17. The standard InChI is InChI=1S/C13H22N2O/c1-2-9-15-10-8-14-12(15)11-13(16)6-4-3-5-7-13/h8,10,16H,2-7,9,11H2,1H3. The summed E-state index contributed by atoms with van der Waals surface area (Å²) >= 11 is 0. The van der Waals surface area contributed by atoms with Gasteiger partial charge in [-0.25, -0.2) is 4.98 Å². The lowest BCUT2D eigenvalue weighted by Gasteiger charge is -2.31. The summed E-state index contributed by atoms with van der Waals surface area (Å²) in [7, 11) is 0. The SMILES string of the molecule is CCCn1ccnc1CC1(O)CCCCC1. The Balaban J connectivity index is 2.04. The van der Waals surface area contributed by atoms with Gasteiger partial charge in [0.1, 0.15) is 5.82 Å². The van der Waals surface area contributed by atoms with Gasteiger partial charge in [-0.3, -0.25) is 0 Å². The molecule has 90 valence electrons. The first kappa shape index (κ1) is 11.6. The number of aliphatic hydroxyl groups is 1. The lowest BCUT2D eigenvalue weighted by Crippen LogP contribution is -2.34. The number of aryl methyl sites for hydroxylation is 1. The van der Waals surface area contributed by atoms with E-state index in [1.807, 2.05) is 12.4 Å². The van der Waals surface area contributed by atoms with Crippen molar-refractivity contribution < 1.29 is 5.11 Å². The van der Waals surface area contributed by atoms with Gasteiger partial charge in [0.15, 0.2) is 0 Å².